The zero-order chi connectivity index (χ0) is 14.9. The number of nitrogens with zero attached hydrogens (tertiary/aromatic N) is 2. The molecule has 2 aliphatic rings. The summed E-state index contributed by atoms with van der Waals surface area (Å²) in [5.74, 6) is -3.88. The summed E-state index contributed by atoms with van der Waals surface area (Å²) in [4.78, 5) is 69.7. The molecule has 106 valence electrons. The Hall–Kier alpha value is -2.38. The molecule has 2 heterocycles. The molecule has 2 fully saturated rings. The zero-order valence-electron chi connectivity index (χ0n) is 10.6. The van der Waals surface area contributed by atoms with Crippen molar-refractivity contribution in [2.75, 3.05) is 0 Å². The van der Waals surface area contributed by atoms with Crippen molar-refractivity contribution in [1.82, 2.24) is 9.80 Å². The molecule has 20 heavy (non-hydrogen) atoms. The van der Waals surface area contributed by atoms with E-state index in [0.717, 1.165) is 0 Å². The van der Waals surface area contributed by atoms with Crippen molar-refractivity contribution in [2.45, 2.75) is 38.5 Å². The van der Waals surface area contributed by atoms with Gasteiger partial charge < -0.3 is 0 Å². The summed E-state index contributed by atoms with van der Waals surface area (Å²) in [6.07, 6.45) is -0.812. The van der Waals surface area contributed by atoms with E-state index in [0.29, 0.717) is 9.80 Å². The molecule has 0 saturated carbocycles. The molecule has 0 aromatic carbocycles. The highest BCUT2D eigenvalue weighted by Gasteiger charge is 2.37. The van der Waals surface area contributed by atoms with Crippen LogP contribution in [0.3, 0.4) is 0 Å². The number of hydrogen-bond donors (Lipinski definition) is 0. The molecule has 0 atom stereocenters. The second kappa shape index (κ2) is 5.32. The minimum atomic E-state index is -0.773. The van der Waals surface area contributed by atoms with Crippen LogP contribution in [0.1, 0.15) is 38.5 Å². The van der Waals surface area contributed by atoms with Crippen molar-refractivity contribution < 1.29 is 28.8 Å². The van der Waals surface area contributed by atoms with Gasteiger partial charge >= 0.3 is 0 Å². The SMILES string of the molecule is O=C1CCC(=O)N1C(=O)CCC(=O)N1C(=O)CCC1=O. The first-order valence-electron chi connectivity index (χ1n) is 6.19. The standard InChI is InChI=1S/C12H12N2O6/c15-7-1-2-8(16)13(7)11(19)5-6-12(20)14-9(17)3-4-10(14)18/h1-6H2. The van der Waals surface area contributed by atoms with Crippen molar-refractivity contribution in [2.24, 2.45) is 0 Å². The predicted octanol–water partition coefficient (Wildman–Crippen LogP) is -0.882. The van der Waals surface area contributed by atoms with Crippen LogP contribution in [0.4, 0.5) is 0 Å². The third-order valence-corrected chi connectivity index (χ3v) is 3.15. The highest BCUT2D eigenvalue weighted by molar-refractivity contribution is 6.17. The molecule has 8 nitrogen and oxygen atoms in total. The van der Waals surface area contributed by atoms with Crippen LogP contribution >= 0.6 is 0 Å². The van der Waals surface area contributed by atoms with Gasteiger partial charge in [0.05, 0.1) is 0 Å². The van der Waals surface area contributed by atoms with Crippen LogP contribution in [-0.4, -0.2) is 45.2 Å². The molecule has 8 heteroatoms. The second-order valence-electron chi connectivity index (χ2n) is 4.53. The fourth-order valence-electron chi connectivity index (χ4n) is 2.15. The quantitative estimate of drug-likeness (QED) is 0.621. The number of imide groups is 6. The van der Waals surface area contributed by atoms with Gasteiger partial charge in [-0.25, -0.2) is 9.80 Å². The molecule has 2 aliphatic heterocycles. The number of likely N-dealkylation sites (tertiary alicyclic amines) is 2. The van der Waals surface area contributed by atoms with E-state index in [1.165, 1.54) is 0 Å². The van der Waals surface area contributed by atoms with Gasteiger partial charge in [-0.3, -0.25) is 28.8 Å². The van der Waals surface area contributed by atoms with E-state index in [-0.39, 0.29) is 38.5 Å². The third-order valence-electron chi connectivity index (χ3n) is 3.15. The van der Waals surface area contributed by atoms with E-state index in [4.69, 9.17) is 0 Å². The van der Waals surface area contributed by atoms with Crippen molar-refractivity contribution >= 4 is 35.4 Å². The molecule has 2 saturated heterocycles. The van der Waals surface area contributed by atoms with E-state index < -0.39 is 35.4 Å². The first kappa shape index (κ1) is 14.0. The number of rotatable bonds is 3. The minimum Gasteiger partial charge on any atom is -0.274 e. The molecule has 0 aromatic rings. The summed E-state index contributed by atoms with van der Waals surface area (Å²) < 4.78 is 0. The molecule has 0 bridgehead atoms. The van der Waals surface area contributed by atoms with Crippen LogP contribution in [0.5, 0.6) is 0 Å². The van der Waals surface area contributed by atoms with Gasteiger partial charge in [0, 0.05) is 38.5 Å². The topological polar surface area (TPSA) is 109 Å². The smallest absolute Gasteiger partial charge is 0.236 e. The lowest BCUT2D eigenvalue weighted by Gasteiger charge is -2.14. The fourth-order valence-corrected chi connectivity index (χ4v) is 2.15. The minimum absolute atomic E-state index is 0.0123. The zero-order valence-corrected chi connectivity index (χ0v) is 10.6. The van der Waals surface area contributed by atoms with Crippen molar-refractivity contribution in [3.8, 4) is 0 Å². The van der Waals surface area contributed by atoms with Crippen LogP contribution in [0, 0.1) is 0 Å². The van der Waals surface area contributed by atoms with Gasteiger partial charge in [-0.05, 0) is 0 Å². The van der Waals surface area contributed by atoms with Crippen LogP contribution in [0.15, 0.2) is 0 Å². The average Bonchev–Trinajstić information content (AvgIpc) is 2.89. The number of carbonyl (C=O) groups excluding carboxylic acids is 6. The third kappa shape index (κ3) is 2.49. The molecule has 0 N–H and O–H groups in total. The Kier molecular flexibility index (Phi) is 3.73. The van der Waals surface area contributed by atoms with E-state index in [9.17, 15) is 28.8 Å². The Morgan fingerprint density at radius 2 is 0.900 bits per heavy atom. The Labute approximate surface area is 113 Å². The van der Waals surface area contributed by atoms with Gasteiger partial charge in [-0.15, -0.1) is 0 Å². The molecule has 0 radical (unpaired) electrons. The van der Waals surface area contributed by atoms with Crippen LogP contribution < -0.4 is 0 Å². The van der Waals surface area contributed by atoms with Gasteiger partial charge in [0.1, 0.15) is 0 Å². The maximum Gasteiger partial charge on any atom is 0.236 e. The normalized spacial score (nSPS) is 19.2. The first-order chi connectivity index (χ1) is 9.41. The average molecular weight is 280 g/mol. The highest BCUT2D eigenvalue weighted by atomic mass is 16.2. The maximum absolute atomic E-state index is 11.7. The van der Waals surface area contributed by atoms with Crippen LogP contribution in [-0.2, 0) is 28.8 Å². The van der Waals surface area contributed by atoms with Gasteiger partial charge in [-0.2, -0.15) is 0 Å². The summed E-state index contributed by atoms with van der Waals surface area (Å²) in [5.41, 5.74) is 0. The summed E-state index contributed by atoms with van der Waals surface area (Å²) in [6.45, 7) is 0. The molecular weight excluding hydrogens is 268 g/mol. The number of amides is 6. The molecule has 0 aliphatic carbocycles. The summed E-state index contributed by atoms with van der Waals surface area (Å²) in [5, 5.41) is 0. The van der Waals surface area contributed by atoms with Crippen molar-refractivity contribution in [1.29, 1.82) is 0 Å². The molecular formula is C12H12N2O6. The van der Waals surface area contributed by atoms with E-state index >= 15 is 0 Å². The van der Waals surface area contributed by atoms with Gasteiger partial charge in [0.25, 0.3) is 0 Å². The molecule has 2 rings (SSSR count). The largest absolute Gasteiger partial charge is 0.274 e. The van der Waals surface area contributed by atoms with E-state index in [2.05, 4.69) is 0 Å². The first-order valence-corrected chi connectivity index (χ1v) is 6.19. The van der Waals surface area contributed by atoms with E-state index in [1.807, 2.05) is 0 Å². The Balaban J connectivity index is 1.92. The predicted molar refractivity (Wildman–Crippen MR) is 61.4 cm³/mol. The Morgan fingerprint density at radius 3 is 1.15 bits per heavy atom. The maximum atomic E-state index is 11.7. The van der Waals surface area contributed by atoms with E-state index in [1.54, 1.807) is 0 Å². The summed E-state index contributed by atoms with van der Waals surface area (Å²) in [6, 6.07) is 0. The van der Waals surface area contributed by atoms with Crippen LogP contribution in [0.25, 0.3) is 0 Å². The molecule has 0 spiro atoms. The second-order valence-corrected chi connectivity index (χ2v) is 4.53. The fraction of sp³-hybridized carbons (Fsp3) is 0.500. The summed E-state index contributed by atoms with van der Waals surface area (Å²) >= 11 is 0. The van der Waals surface area contributed by atoms with Gasteiger partial charge in [-0.1, -0.05) is 0 Å². The lowest BCUT2D eigenvalue weighted by Crippen LogP contribution is -2.38. The molecule has 6 amide bonds. The molecule has 0 unspecified atom stereocenters. The highest BCUT2D eigenvalue weighted by Crippen LogP contribution is 2.16. The molecule has 0 aromatic heterocycles. The van der Waals surface area contributed by atoms with Gasteiger partial charge in [0.2, 0.25) is 35.4 Å². The lowest BCUT2D eigenvalue weighted by atomic mass is 10.2. The van der Waals surface area contributed by atoms with Crippen molar-refractivity contribution in [3.63, 3.8) is 0 Å². The Bertz CT molecular complexity index is 458. The monoisotopic (exact) mass is 280 g/mol. The number of carbonyl (C=O) groups is 6. The lowest BCUT2D eigenvalue weighted by molar-refractivity contribution is -0.154. The van der Waals surface area contributed by atoms with Crippen LogP contribution in [0.2, 0.25) is 0 Å². The Morgan fingerprint density at radius 1 is 0.650 bits per heavy atom. The van der Waals surface area contributed by atoms with Gasteiger partial charge in [0.15, 0.2) is 0 Å². The summed E-state index contributed by atoms with van der Waals surface area (Å²) in [7, 11) is 0. The van der Waals surface area contributed by atoms with Crippen molar-refractivity contribution in [3.05, 3.63) is 0 Å². The number of hydrogen-bond acceptors (Lipinski definition) is 6.